The van der Waals surface area contributed by atoms with Gasteiger partial charge in [0.15, 0.2) is 0 Å². The van der Waals surface area contributed by atoms with Gasteiger partial charge < -0.3 is 20.1 Å². The Morgan fingerprint density at radius 1 is 1.09 bits per heavy atom. The number of aromatic nitrogens is 4. The molecule has 168 valence electrons. The number of hydrogen-bond donors (Lipinski definition) is 2. The van der Waals surface area contributed by atoms with Gasteiger partial charge in [-0.05, 0) is 18.2 Å². The summed E-state index contributed by atoms with van der Waals surface area (Å²) in [5.41, 5.74) is 4.55. The Balaban J connectivity index is 1.72. The second kappa shape index (κ2) is 9.58. The van der Waals surface area contributed by atoms with Gasteiger partial charge in [-0.3, -0.25) is 9.48 Å². The van der Waals surface area contributed by atoms with E-state index in [2.05, 4.69) is 25.7 Å². The number of amides is 1. The molecule has 0 radical (unpaired) electrons. The minimum atomic E-state index is -0.402. The van der Waals surface area contributed by atoms with Gasteiger partial charge >= 0.3 is 0 Å². The normalized spacial score (nSPS) is 11.0. The molecule has 0 aliphatic carbocycles. The summed E-state index contributed by atoms with van der Waals surface area (Å²) in [4.78, 5) is 21.0. The van der Waals surface area contributed by atoms with Gasteiger partial charge in [0.05, 0.1) is 42.5 Å². The molecule has 2 aromatic carbocycles. The molecule has 0 aliphatic heterocycles. The topological polar surface area (TPSA) is 103 Å². The molecule has 1 amide bonds. The van der Waals surface area contributed by atoms with E-state index in [9.17, 15) is 4.79 Å². The van der Waals surface area contributed by atoms with Crippen LogP contribution in [0.2, 0.25) is 0 Å². The Morgan fingerprint density at radius 2 is 1.85 bits per heavy atom. The molecule has 0 aliphatic rings. The lowest BCUT2D eigenvalue weighted by atomic mass is 10.1. The van der Waals surface area contributed by atoms with Crippen molar-refractivity contribution in [2.45, 2.75) is 0 Å². The number of aryl methyl sites for hydroxylation is 1. The van der Waals surface area contributed by atoms with Crippen LogP contribution >= 0.6 is 11.6 Å². The lowest BCUT2D eigenvalue weighted by Gasteiger charge is -2.16. The van der Waals surface area contributed by atoms with Crippen molar-refractivity contribution in [1.29, 1.82) is 0 Å². The Morgan fingerprint density at radius 3 is 2.61 bits per heavy atom. The molecule has 2 heterocycles. The molecule has 9 nitrogen and oxygen atoms in total. The van der Waals surface area contributed by atoms with Crippen LogP contribution < -0.4 is 20.1 Å². The first-order valence-electron chi connectivity index (χ1n) is 9.90. The Kier molecular flexibility index (Phi) is 6.41. The fourth-order valence-corrected chi connectivity index (χ4v) is 3.56. The molecule has 10 heteroatoms. The van der Waals surface area contributed by atoms with Gasteiger partial charge in [0, 0.05) is 36.3 Å². The van der Waals surface area contributed by atoms with E-state index < -0.39 is 5.91 Å². The Hall–Kier alpha value is -4.11. The van der Waals surface area contributed by atoms with E-state index >= 15 is 0 Å². The zero-order valence-electron chi connectivity index (χ0n) is 18.2. The highest BCUT2D eigenvalue weighted by molar-refractivity contribution is 6.27. The van der Waals surface area contributed by atoms with Crippen molar-refractivity contribution in [1.82, 2.24) is 19.7 Å². The van der Waals surface area contributed by atoms with E-state index in [1.165, 1.54) is 20.3 Å². The molecule has 0 spiro atoms. The lowest BCUT2D eigenvalue weighted by molar-refractivity contribution is -0.111. The summed E-state index contributed by atoms with van der Waals surface area (Å²) in [6, 6.07) is 13.0. The molecular formula is C23H21ClN6O3. The van der Waals surface area contributed by atoms with E-state index in [1.54, 1.807) is 23.0 Å². The SMILES string of the molecule is COc1cc(OC)c(Nc2nccc(-c3c4ccccc4nn3C)n2)cc1NC(=O)/C=C/Cl. The monoisotopic (exact) mass is 464 g/mol. The van der Waals surface area contributed by atoms with Crippen molar-refractivity contribution in [3.63, 3.8) is 0 Å². The number of methoxy groups -OCH3 is 2. The first-order valence-corrected chi connectivity index (χ1v) is 10.3. The van der Waals surface area contributed by atoms with E-state index in [4.69, 9.17) is 21.1 Å². The van der Waals surface area contributed by atoms with Gasteiger partial charge in [0.2, 0.25) is 11.9 Å². The summed E-state index contributed by atoms with van der Waals surface area (Å²) in [6.45, 7) is 0. The van der Waals surface area contributed by atoms with Crippen LogP contribution in [-0.4, -0.2) is 39.9 Å². The molecule has 4 rings (SSSR count). The highest BCUT2D eigenvalue weighted by Gasteiger charge is 2.16. The van der Waals surface area contributed by atoms with Gasteiger partial charge in [-0.1, -0.05) is 29.8 Å². The highest BCUT2D eigenvalue weighted by Crippen LogP contribution is 2.37. The average molecular weight is 465 g/mol. The van der Waals surface area contributed by atoms with E-state index in [0.29, 0.717) is 34.5 Å². The quantitative estimate of drug-likeness (QED) is 0.388. The van der Waals surface area contributed by atoms with Crippen LogP contribution in [0.1, 0.15) is 0 Å². The number of hydrogen-bond acceptors (Lipinski definition) is 7. The van der Waals surface area contributed by atoms with E-state index in [1.807, 2.05) is 37.4 Å². The van der Waals surface area contributed by atoms with Crippen LogP contribution in [0.4, 0.5) is 17.3 Å². The van der Waals surface area contributed by atoms with Gasteiger partial charge in [-0.25, -0.2) is 9.97 Å². The second-order valence-corrected chi connectivity index (χ2v) is 7.17. The van der Waals surface area contributed by atoms with Crippen LogP contribution in [0.5, 0.6) is 11.5 Å². The molecule has 0 atom stereocenters. The Bertz CT molecular complexity index is 1350. The van der Waals surface area contributed by atoms with Crippen LogP contribution in [0.25, 0.3) is 22.3 Å². The minimum absolute atomic E-state index is 0.346. The number of rotatable bonds is 7. The number of nitrogens with one attached hydrogen (secondary N) is 2. The van der Waals surface area contributed by atoms with Crippen molar-refractivity contribution in [2.24, 2.45) is 7.05 Å². The lowest BCUT2D eigenvalue weighted by Crippen LogP contribution is -2.10. The number of ether oxygens (including phenoxy) is 2. The zero-order valence-corrected chi connectivity index (χ0v) is 18.9. The molecule has 4 aromatic rings. The number of nitrogens with zero attached hydrogens (tertiary/aromatic N) is 4. The fourth-order valence-electron chi connectivity index (χ4n) is 3.45. The number of anilines is 3. The summed E-state index contributed by atoms with van der Waals surface area (Å²) in [6.07, 6.45) is 2.86. The van der Waals surface area contributed by atoms with Crippen molar-refractivity contribution in [2.75, 3.05) is 24.9 Å². The second-order valence-electron chi connectivity index (χ2n) is 6.91. The standard InChI is InChI=1S/C23H21ClN6O3/c1-30-22(14-6-4-5-7-15(14)29-30)16-9-11-25-23(27-16)28-18-12-17(26-21(31)8-10-24)19(32-2)13-20(18)33-3/h4-13H,1-3H3,(H,26,31)(H,25,27,28)/b10-8+. The first kappa shape index (κ1) is 22.1. The van der Waals surface area contributed by atoms with Crippen LogP contribution in [0, 0.1) is 0 Å². The van der Waals surface area contributed by atoms with Gasteiger partial charge in [-0.15, -0.1) is 0 Å². The molecule has 2 N–H and O–H groups in total. The van der Waals surface area contributed by atoms with Crippen molar-refractivity contribution in [3.8, 4) is 22.9 Å². The average Bonchev–Trinajstić information content (AvgIpc) is 3.15. The molecular weight excluding hydrogens is 444 g/mol. The summed E-state index contributed by atoms with van der Waals surface area (Å²) in [5.74, 6) is 0.849. The van der Waals surface area contributed by atoms with Gasteiger partial charge in [0.25, 0.3) is 0 Å². The third-order valence-corrected chi connectivity index (χ3v) is 5.01. The molecule has 0 fully saturated rings. The molecule has 0 saturated heterocycles. The van der Waals surface area contributed by atoms with Crippen LogP contribution in [0.3, 0.4) is 0 Å². The van der Waals surface area contributed by atoms with Crippen LogP contribution in [-0.2, 0) is 11.8 Å². The van der Waals surface area contributed by atoms with Gasteiger partial charge in [-0.2, -0.15) is 5.10 Å². The number of carbonyl (C=O) groups is 1. The fraction of sp³-hybridized carbons (Fsp3) is 0.130. The third-order valence-electron chi connectivity index (χ3n) is 4.88. The Labute approximate surface area is 195 Å². The van der Waals surface area contributed by atoms with Crippen molar-refractivity contribution < 1.29 is 14.3 Å². The maximum atomic E-state index is 12.0. The summed E-state index contributed by atoms with van der Waals surface area (Å²) in [7, 11) is 4.91. The largest absolute Gasteiger partial charge is 0.494 e. The maximum absolute atomic E-state index is 12.0. The number of fused-ring (bicyclic) bond motifs is 1. The molecule has 2 aromatic heterocycles. The predicted molar refractivity (Wildman–Crippen MR) is 128 cm³/mol. The predicted octanol–water partition coefficient (Wildman–Crippen LogP) is 4.48. The molecule has 33 heavy (non-hydrogen) atoms. The number of carbonyl (C=O) groups excluding carboxylic acids is 1. The molecule has 0 bridgehead atoms. The number of halogens is 1. The molecule has 0 unspecified atom stereocenters. The smallest absolute Gasteiger partial charge is 0.249 e. The number of benzene rings is 2. The zero-order chi connectivity index (χ0) is 23.4. The van der Waals surface area contributed by atoms with E-state index in [0.717, 1.165) is 22.1 Å². The maximum Gasteiger partial charge on any atom is 0.249 e. The third kappa shape index (κ3) is 4.58. The van der Waals surface area contributed by atoms with Gasteiger partial charge in [0.1, 0.15) is 11.5 Å². The van der Waals surface area contributed by atoms with Crippen molar-refractivity contribution >= 4 is 45.7 Å². The molecule has 0 saturated carbocycles. The van der Waals surface area contributed by atoms with Crippen LogP contribution in [0.15, 0.2) is 60.3 Å². The van der Waals surface area contributed by atoms with E-state index in [-0.39, 0.29) is 0 Å². The summed E-state index contributed by atoms with van der Waals surface area (Å²) in [5, 5.41) is 11.4. The minimum Gasteiger partial charge on any atom is -0.494 e. The highest BCUT2D eigenvalue weighted by atomic mass is 35.5. The summed E-state index contributed by atoms with van der Waals surface area (Å²) < 4.78 is 12.7. The first-order chi connectivity index (χ1) is 16.0. The van der Waals surface area contributed by atoms with Crippen molar-refractivity contribution in [3.05, 3.63) is 60.3 Å². The summed E-state index contributed by atoms with van der Waals surface area (Å²) >= 11 is 5.50.